The van der Waals surface area contributed by atoms with Gasteiger partial charge in [0.05, 0.1) is 27.0 Å². The Hall–Kier alpha value is -3.39. The van der Waals surface area contributed by atoms with Gasteiger partial charge in [0.2, 0.25) is 5.91 Å². The first-order chi connectivity index (χ1) is 15.4. The number of carbonyl (C=O) groups is 1. The number of benzene rings is 1. The van der Waals surface area contributed by atoms with Crippen LogP contribution in [0.3, 0.4) is 0 Å². The fourth-order valence-electron chi connectivity index (χ4n) is 3.97. The molecule has 1 amide bonds. The lowest BCUT2D eigenvalue weighted by molar-refractivity contribution is -0.129. The van der Waals surface area contributed by atoms with E-state index in [4.69, 9.17) is 9.47 Å². The number of rotatable bonds is 6. The number of hydrogen-bond acceptors (Lipinski definition) is 5. The van der Waals surface area contributed by atoms with Crippen LogP contribution in [0.15, 0.2) is 36.5 Å². The second-order valence-corrected chi connectivity index (χ2v) is 7.99. The number of ether oxygens (including phenoxy) is 2. The summed E-state index contributed by atoms with van der Waals surface area (Å²) in [5.41, 5.74) is 4.14. The summed E-state index contributed by atoms with van der Waals surface area (Å²) in [6.07, 6.45) is 4.58. The highest BCUT2D eigenvalue weighted by atomic mass is 19.1. The second-order valence-electron chi connectivity index (χ2n) is 7.99. The lowest BCUT2D eigenvalue weighted by Crippen LogP contribution is -2.38. The van der Waals surface area contributed by atoms with E-state index in [1.54, 1.807) is 45.5 Å². The quantitative estimate of drug-likeness (QED) is 0.637. The molecule has 0 atom stereocenters. The van der Waals surface area contributed by atoms with Gasteiger partial charge >= 0.3 is 0 Å². The molecule has 0 radical (unpaired) electrons. The lowest BCUT2D eigenvalue weighted by Gasteiger charge is -2.26. The van der Waals surface area contributed by atoms with Crippen molar-refractivity contribution in [3.05, 3.63) is 48.0 Å². The molecule has 4 rings (SSSR count). The van der Waals surface area contributed by atoms with Gasteiger partial charge in [-0.1, -0.05) is 6.08 Å². The van der Waals surface area contributed by atoms with Crippen LogP contribution in [0.5, 0.6) is 11.5 Å². The number of aromatic nitrogens is 2. The van der Waals surface area contributed by atoms with E-state index in [0.717, 1.165) is 35.2 Å². The van der Waals surface area contributed by atoms with Crippen molar-refractivity contribution in [1.82, 2.24) is 19.8 Å². The van der Waals surface area contributed by atoms with Crippen LogP contribution in [0.1, 0.15) is 12.1 Å². The molecule has 1 aliphatic rings. The summed E-state index contributed by atoms with van der Waals surface area (Å²) in [4.78, 5) is 23.6. The number of nitrogens with one attached hydrogen (secondary N) is 1. The molecule has 0 aliphatic carbocycles. The molecule has 0 fully saturated rings. The highest BCUT2D eigenvalue weighted by molar-refractivity contribution is 5.99. The maximum Gasteiger partial charge on any atom is 0.236 e. The monoisotopic (exact) mass is 438 g/mol. The summed E-state index contributed by atoms with van der Waals surface area (Å²) < 4.78 is 25.2. The third kappa shape index (κ3) is 4.18. The van der Waals surface area contributed by atoms with E-state index in [1.807, 2.05) is 6.07 Å². The van der Waals surface area contributed by atoms with E-state index in [0.29, 0.717) is 35.8 Å². The van der Waals surface area contributed by atoms with Crippen molar-refractivity contribution in [2.45, 2.75) is 6.42 Å². The van der Waals surface area contributed by atoms with Gasteiger partial charge in [-0.05, 0) is 36.3 Å². The molecule has 0 saturated heterocycles. The van der Waals surface area contributed by atoms with Crippen molar-refractivity contribution in [2.24, 2.45) is 0 Å². The SMILES string of the molecule is COc1ccc(F)cc1-c1c(OC)cnc2[nH]c(C3=CCN(CC(=O)N(C)C)CC3)cc12. The molecule has 1 N–H and O–H groups in total. The zero-order valence-corrected chi connectivity index (χ0v) is 18.7. The fourth-order valence-corrected chi connectivity index (χ4v) is 3.97. The van der Waals surface area contributed by atoms with Gasteiger partial charge < -0.3 is 19.4 Å². The van der Waals surface area contributed by atoms with Crippen molar-refractivity contribution < 1.29 is 18.7 Å². The summed E-state index contributed by atoms with van der Waals surface area (Å²) in [5, 5.41) is 0.828. The van der Waals surface area contributed by atoms with E-state index in [-0.39, 0.29) is 11.7 Å². The molecule has 8 heteroatoms. The number of hydrogen-bond donors (Lipinski definition) is 1. The minimum atomic E-state index is -0.356. The zero-order valence-electron chi connectivity index (χ0n) is 18.7. The van der Waals surface area contributed by atoms with Crippen LogP contribution >= 0.6 is 0 Å². The third-order valence-electron chi connectivity index (χ3n) is 5.77. The summed E-state index contributed by atoms with van der Waals surface area (Å²) in [6.45, 7) is 1.90. The first-order valence-electron chi connectivity index (χ1n) is 10.4. The van der Waals surface area contributed by atoms with Gasteiger partial charge in [0, 0.05) is 49.4 Å². The second kappa shape index (κ2) is 9.00. The van der Waals surface area contributed by atoms with Crippen molar-refractivity contribution >= 4 is 22.5 Å². The van der Waals surface area contributed by atoms with Crippen LogP contribution in [0, 0.1) is 5.82 Å². The largest absolute Gasteiger partial charge is 0.496 e. The Morgan fingerprint density at radius 1 is 1.22 bits per heavy atom. The molecule has 1 aromatic carbocycles. The molecule has 3 aromatic rings. The molecule has 0 bridgehead atoms. The summed E-state index contributed by atoms with van der Waals surface area (Å²) in [7, 11) is 6.66. The Labute approximate surface area is 186 Å². The number of aromatic amines is 1. The minimum Gasteiger partial charge on any atom is -0.496 e. The first-order valence-corrected chi connectivity index (χ1v) is 10.4. The number of amides is 1. The van der Waals surface area contributed by atoms with E-state index in [9.17, 15) is 9.18 Å². The molecule has 32 heavy (non-hydrogen) atoms. The predicted molar refractivity (Wildman–Crippen MR) is 122 cm³/mol. The van der Waals surface area contributed by atoms with E-state index in [2.05, 4.69) is 20.9 Å². The normalized spacial score (nSPS) is 14.3. The molecule has 1 aliphatic heterocycles. The van der Waals surface area contributed by atoms with Crippen LogP contribution in [-0.2, 0) is 4.79 Å². The molecule has 168 valence electrons. The number of nitrogens with zero attached hydrogens (tertiary/aromatic N) is 3. The smallest absolute Gasteiger partial charge is 0.236 e. The third-order valence-corrected chi connectivity index (χ3v) is 5.77. The van der Waals surface area contributed by atoms with Crippen LogP contribution in [0.25, 0.3) is 27.7 Å². The number of pyridine rings is 1. The molecule has 7 nitrogen and oxygen atoms in total. The van der Waals surface area contributed by atoms with E-state index >= 15 is 0 Å². The summed E-state index contributed by atoms with van der Waals surface area (Å²) in [6, 6.07) is 6.45. The van der Waals surface area contributed by atoms with Gasteiger partial charge in [0.1, 0.15) is 23.0 Å². The van der Waals surface area contributed by atoms with E-state index in [1.165, 1.54) is 12.1 Å². The number of halogens is 1. The zero-order chi connectivity index (χ0) is 22.8. The molecule has 0 saturated carbocycles. The van der Waals surface area contributed by atoms with Gasteiger partial charge in [-0.15, -0.1) is 0 Å². The highest BCUT2D eigenvalue weighted by Crippen LogP contribution is 2.42. The maximum atomic E-state index is 14.1. The molecular formula is C24H27FN4O3. The van der Waals surface area contributed by atoms with Crippen LogP contribution < -0.4 is 9.47 Å². The van der Waals surface area contributed by atoms with Crippen molar-refractivity contribution in [1.29, 1.82) is 0 Å². The number of fused-ring (bicyclic) bond motifs is 1. The van der Waals surface area contributed by atoms with Gasteiger partial charge in [-0.2, -0.15) is 0 Å². The average Bonchev–Trinajstić information content (AvgIpc) is 3.23. The molecular weight excluding hydrogens is 411 g/mol. The van der Waals surface area contributed by atoms with Crippen molar-refractivity contribution in [3.63, 3.8) is 0 Å². The Balaban J connectivity index is 1.72. The first kappa shape index (κ1) is 21.8. The van der Waals surface area contributed by atoms with Crippen LogP contribution in [0.4, 0.5) is 4.39 Å². The van der Waals surface area contributed by atoms with Crippen molar-refractivity contribution in [3.8, 4) is 22.6 Å². The Morgan fingerprint density at radius 3 is 2.66 bits per heavy atom. The van der Waals surface area contributed by atoms with Gasteiger partial charge in [-0.25, -0.2) is 9.37 Å². The Kier molecular flexibility index (Phi) is 6.14. The standard InChI is InChI=1S/C24H27FN4O3/c1-28(2)22(30)14-29-9-7-15(8-10-29)19-12-18-23(21(32-4)13-26-24(18)27-19)17-11-16(25)5-6-20(17)31-3/h5-7,11-13H,8-10,14H2,1-4H3,(H,26,27). The number of H-pyrrole nitrogens is 1. The molecule has 3 heterocycles. The van der Waals surface area contributed by atoms with Gasteiger partial charge in [0.25, 0.3) is 0 Å². The molecule has 0 unspecified atom stereocenters. The number of likely N-dealkylation sites (N-methyl/N-ethyl adjacent to an activating group) is 1. The summed E-state index contributed by atoms with van der Waals surface area (Å²) in [5.74, 6) is 0.833. The van der Waals surface area contributed by atoms with E-state index < -0.39 is 0 Å². The summed E-state index contributed by atoms with van der Waals surface area (Å²) >= 11 is 0. The average molecular weight is 439 g/mol. The topological polar surface area (TPSA) is 70.7 Å². The Bertz CT molecular complexity index is 1190. The maximum absolute atomic E-state index is 14.1. The van der Waals surface area contributed by atoms with Crippen LogP contribution in [0.2, 0.25) is 0 Å². The number of carbonyl (C=O) groups excluding carboxylic acids is 1. The lowest BCUT2D eigenvalue weighted by atomic mass is 10.00. The van der Waals surface area contributed by atoms with Gasteiger partial charge in [0.15, 0.2) is 0 Å². The molecule has 0 spiro atoms. The fraction of sp³-hybridized carbons (Fsp3) is 0.333. The van der Waals surface area contributed by atoms with Crippen molar-refractivity contribution in [2.75, 3.05) is 47.9 Å². The Morgan fingerprint density at radius 2 is 2.00 bits per heavy atom. The molecule has 2 aromatic heterocycles. The predicted octanol–water partition coefficient (Wildman–Crippen LogP) is 3.56. The number of methoxy groups -OCH3 is 2. The highest BCUT2D eigenvalue weighted by Gasteiger charge is 2.21. The minimum absolute atomic E-state index is 0.0949. The van der Waals surface area contributed by atoms with Gasteiger partial charge in [-0.3, -0.25) is 9.69 Å². The van der Waals surface area contributed by atoms with Crippen LogP contribution in [-0.4, -0.2) is 73.6 Å².